The summed E-state index contributed by atoms with van der Waals surface area (Å²) in [6.45, 7) is 2.90. The zero-order valence-electron chi connectivity index (χ0n) is 13.5. The van der Waals surface area contributed by atoms with Crippen LogP contribution in [0, 0.1) is 11.3 Å². The number of hydrogen-bond acceptors (Lipinski definition) is 3. The van der Waals surface area contributed by atoms with E-state index >= 15 is 0 Å². The molecule has 7 heteroatoms. The topological polar surface area (TPSA) is 47.9 Å². The Labute approximate surface area is 167 Å². The van der Waals surface area contributed by atoms with E-state index < -0.39 is 5.66 Å². The first-order chi connectivity index (χ1) is 11.9. The zero-order chi connectivity index (χ0) is 18.4. The molecule has 0 saturated heterocycles. The summed E-state index contributed by atoms with van der Waals surface area (Å²) < 4.78 is 0. The van der Waals surface area contributed by atoms with Gasteiger partial charge in [-0.1, -0.05) is 65.5 Å². The van der Waals surface area contributed by atoms with Gasteiger partial charge in [-0.05, 0) is 41.8 Å². The first-order valence-corrected chi connectivity index (χ1v) is 9.19. The van der Waals surface area contributed by atoms with E-state index in [4.69, 9.17) is 46.4 Å². The molecule has 0 amide bonds. The fourth-order valence-electron chi connectivity index (χ4n) is 2.28. The van der Waals surface area contributed by atoms with Crippen molar-refractivity contribution in [2.45, 2.75) is 32.1 Å². The molecule has 0 aromatic heterocycles. The normalized spacial score (nSPS) is 11.4. The van der Waals surface area contributed by atoms with Crippen molar-refractivity contribution >= 4 is 46.4 Å². The summed E-state index contributed by atoms with van der Waals surface area (Å²) in [5.41, 5.74) is 1.01. The second-order valence-corrected chi connectivity index (χ2v) is 7.20. The molecule has 0 aliphatic heterocycles. The van der Waals surface area contributed by atoms with Gasteiger partial charge in [0.05, 0.1) is 20.1 Å². The molecule has 2 rings (SSSR count). The molecular formula is C18H17Cl4N3. The predicted octanol–water partition coefficient (Wildman–Crippen LogP) is 5.81. The monoisotopic (exact) mass is 415 g/mol. The van der Waals surface area contributed by atoms with Gasteiger partial charge in [0.1, 0.15) is 6.07 Å². The van der Waals surface area contributed by atoms with Crippen LogP contribution in [-0.4, -0.2) is 5.66 Å². The van der Waals surface area contributed by atoms with Crippen LogP contribution >= 0.6 is 46.4 Å². The first-order valence-electron chi connectivity index (χ1n) is 7.68. The third-order valence-corrected chi connectivity index (χ3v) is 5.36. The number of rotatable bonds is 7. The summed E-state index contributed by atoms with van der Waals surface area (Å²) >= 11 is 23.9. The number of nitriles is 1. The number of halogens is 4. The largest absolute Gasteiger partial charge is 0.283 e. The maximum Gasteiger partial charge on any atom is 0.159 e. The number of benzene rings is 2. The van der Waals surface area contributed by atoms with Crippen molar-refractivity contribution in [2.24, 2.45) is 0 Å². The fraction of sp³-hybridized carbons (Fsp3) is 0.278. The van der Waals surface area contributed by atoms with Crippen molar-refractivity contribution in [3.8, 4) is 6.07 Å². The standard InChI is InChI=1S/C18H17Cl4N3/c1-2-18(11-23,24-9-12-3-5-14(19)16(21)7-12)25-10-13-4-6-15(20)17(22)8-13/h3-8,24-25H,2,9-10H2,1H3. The van der Waals surface area contributed by atoms with Gasteiger partial charge in [-0.15, -0.1) is 0 Å². The Bertz CT molecular complexity index is 731. The maximum absolute atomic E-state index is 9.66. The van der Waals surface area contributed by atoms with Crippen LogP contribution in [0.5, 0.6) is 0 Å². The van der Waals surface area contributed by atoms with Crippen LogP contribution in [-0.2, 0) is 13.1 Å². The minimum atomic E-state index is -0.877. The molecule has 0 heterocycles. The van der Waals surface area contributed by atoms with E-state index in [9.17, 15) is 5.26 Å². The van der Waals surface area contributed by atoms with Crippen molar-refractivity contribution in [3.05, 3.63) is 67.6 Å². The minimum absolute atomic E-state index is 0.479. The first kappa shape index (κ1) is 20.3. The van der Waals surface area contributed by atoms with E-state index in [1.807, 2.05) is 19.1 Å². The van der Waals surface area contributed by atoms with Crippen molar-refractivity contribution in [1.82, 2.24) is 10.6 Å². The summed E-state index contributed by atoms with van der Waals surface area (Å²) in [7, 11) is 0. The Morgan fingerprint density at radius 1 is 0.840 bits per heavy atom. The van der Waals surface area contributed by atoms with Crippen molar-refractivity contribution in [2.75, 3.05) is 0 Å². The van der Waals surface area contributed by atoms with Crippen LogP contribution in [0.3, 0.4) is 0 Å². The van der Waals surface area contributed by atoms with Crippen molar-refractivity contribution in [1.29, 1.82) is 5.26 Å². The molecule has 0 fully saturated rings. The van der Waals surface area contributed by atoms with Crippen molar-refractivity contribution in [3.63, 3.8) is 0 Å². The Morgan fingerprint density at radius 2 is 1.28 bits per heavy atom. The molecule has 0 radical (unpaired) electrons. The van der Waals surface area contributed by atoms with Crippen LogP contribution < -0.4 is 10.6 Å². The molecule has 0 aliphatic rings. The molecule has 0 bridgehead atoms. The Balaban J connectivity index is 2.05. The lowest BCUT2D eigenvalue weighted by molar-refractivity contribution is 0.318. The van der Waals surface area contributed by atoms with E-state index in [-0.39, 0.29) is 0 Å². The molecule has 0 saturated carbocycles. The Kier molecular flexibility index (Phi) is 7.39. The van der Waals surface area contributed by atoms with Gasteiger partial charge in [-0.2, -0.15) is 5.26 Å². The van der Waals surface area contributed by atoms with E-state index in [2.05, 4.69) is 16.7 Å². The maximum atomic E-state index is 9.66. The summed E-state index contributed by atoms with van der Waals surface area (Å²) in [6, 6.07) is 13.1. The average molecular weight is 417 g/mol. The van der Waals surface area contributed by atoms with Crippen LogP contribution in [0.1, 0.15) is 24.5 Å². The highest BCUT2D eigenvalue weighted by molar-refractivity contribution is 6.42. The van der Waals surface area contributed by atoms with E-state index in [1.165, 1.54) is 0 Å². The lowest BCUT2D eigenvalue weighted by Crippen LogP contribution is -2.54. The summed E-state index contributed by atoms with van der Waals surface area (Å²) in [5, 5.41) is 18.2. The molecule has 0 unspecified atom stereocenters. The molecule has 3 nitrogen and oxygen atoms in total. The van der Waals surface area contributed by atoms with Gasteiger partial charge in [0, 0.05) is 13.1 Å². The van der Waals surface area contributed by atoms with Gasteiger partial charge in [0.25, 0.3) is 0 Å². The van der Waals surface area contributed by atoms with E-state index in [0.717, 1.165) is 11.1 Å². The predicted molar refractivity (Wildman–Crippen MR) is 105 cm³/mol. The van der Waals surface area contributed by atoms with E-state index in [0.29, 0.717) is 39.6 Å². The molecule has 0 atom stereocenters. The molecule has 0 aliphatic carbocycles. The lowest BCUT2D eigenvalue weighted by atomic mass is 10.1. The van der Waals surface area contributed by atoms with Crippen LogP contribution in [0.25, 0.3) is 0 Å². The smallest absolute Gasteiger partial charge is 0.159 e. The summed E-state index contributed by atoms with van der Waals surface area (Å²) in [6.07, 6.45) is 0.576. The highest BCUT2D eigenvalue weighted by Crippen LogP contribution is 2.24. The van der Waals surface area contributed by atoms with Gasteiger partial charge < -0.3 is 0 Å². The third-order valence-electron chi connectivity index (χ3n) is 3.88. The fourth-order valence-corrected chi connectivity index (χ4v) is 2.92. The molecule has 2 aromatic rings. The number of hydrogen-bond donors (Lipinski definition) is 2. The van der Waals surface area contributed by atoms with Gasteiger partial charge in [0.2, 0.25) is 0 Å². The Morgan fingerprint density at radius 3 is 1.60 bits per heavy atom. The van der Waals surface area contributed by atoms with Gasteiger partial charge in [-0.3, -0.25) is 10.6 Å². The SMILES string of the molecule is CCC(C#N)(NCc1ccc(Cl)c(Cl)c1)NCc1ccc(Cl)c(Cl)c1. The van der Waals surface area contributed by atoms with Crippen LogP contribution in [0.15, 0.2) is 36.4 Å². The number of nitrogens with zero attached hydrogens (tertiary/aromatic N) is 1. The molecule has 132 valence electrons. The quantitative estimate of drug-likeness (QED) is 0.559. The number of nitrogens with one attached hydrogen (secondary N) is 2. The van der Waals surface area contributed by atoms with Crippen LogP contribution in [0.4, 0.5) is 0 Å². The summed E-state index contributed by atoms with van der Waals surface area (Å²) in [4.78, 5) is 0. The zero-order valence-corrected chi connectivity index (χ0v) is 16.6. The second-order valence-electron chi connectivity index (χ2n) is 5.57. The molecule has 0 spiro atoms. The highest BCUT2D eigenvalue weighted by atomic mass is 35.5. The van der Waals surface area contributed by atoms with Crippen LogP contribution in [0.2, 0.25) is 20.1 Å². The molecule has 2 aromatic carbocycles. The van der Waals surface area contributed by atoms with E-state index in [1.54, 1.807) is 24.3 Å². The van der Waals surface area contributed by atoms with Gasteiger partial charge >= 0.3 is 0 Å². The Hall–Kier alpha value is -0.990. The summed E-state index contributed by atoms with van der Waals surface area (Å²) in [5.74, 6) is 0. The van der Waals surface area contributed by atoms with Gasteiger partial charge in [-0.25, -0.2) is 0 Å². The molecular weight excluding hydrogens is 400 g/mol. The molecule has 25 heavy (non-hydrogen) atoms. The minimum Gasteiger partial charge on any atom is -0.283 e. The molecule has 2 N–H and O–H groups in total. The third kappa shape index (κ3) is 5.49. The van der Waals surface area contributed by atoms with Gasteiger partial charge in [0.15, 0.2) is 5.66 Å². The van der Waals surface area contributed by atoms with Crippen molar-refractivity contribution < 1.29 is 0 Å². The lowest BCUT2D eigenvalue weighted by Gasteiger charge is -2.28. The highest BCUT2D eigenvalue weighted by Gasteiger charge is 2.26. The second kappa shape index (κ2) is 9.09. The average Bonchev–Trinajstić information content (AvgIpc) is 2.61.